The molecule has 0 saturated heterocycles. The first-order chi connectivity index (χ1) is 10.2. The van der Waals surface area contributed by atoms with Crippen molar-refractivity contribution in [2.75, 3.05) is 18.6 Å². The first-order valence-electron chi connectivity index (χ1n) is 5.99. The Morgan fingerprint density at radius 2 is 1.95 bits per heavy atom. The molecule has 0 aliphatic heterocycles. The van der Waals surface area contributed by atoms with Crippen LogP contribution >= 0.6 is 0 Å². The maximum Gasteiger partial charge on any atom is 0.349 e. The van der Waals surface area contributed by atoms with Crippen LogP contribution in [0.3, 0.4) is 0 Å². The molecule has 3 N–H and O–H groups in total. The average molecular weight is 291 g/mol. The molecule has 9 heteroatoms. The molecular weight excluding hydrogens is 278 g/mol. The number of nitro groups is 1. The van der Waals surface area contributed by atoms with E-state index in [1.807, 2.05) is 18.2 Å². The summed E-state index contributed by atoms with van der Waals surface area (Å²) in [5.74, 6) is 5.69. The fraction of sp³-hybridized carbons (Fsp3) is 0.167. The SMILES string of the molecule is NNc1ncc([N+](=O)[O-])c(OCCOc2ccccc2)n1. The van der Waals surface area contributed by atoms with Crippen molar-refractivity contribution < 1.29 is 14.4 Å². The Morgan fingerprint density at radius 3 is 2.62 bits per heavy atom. The van der Waals surface area contributed by atoms with Crippen molar-refractivity contribution in [1.29, 1.82) is 0 Å². The molecule has 1 heterocycles. The monoisotopic (exact) mass is 291 g/mol. The summed E-state index contributed by atoms with van der Waals surface area (Å²) in [6.07, 6.45) is 1.02. The second kappa shape index (κ2) is 7.01. The van der Waals surface area contributed by atoms with Gasteiger partial charge < -0.3 is 9.47 Å². The lowest BCUT2D eigenvalue weighted by molar-refractivity contribution is -0.386. The van der Waals surface area contributed by atoms with E-state index in [1.165, 1.54) is 0 Å². The van der Waals surface area contributed by atoms with Gasteiger partial charge in [0.15, 0.2) is 0 Å². The molecule has 0 aliphatic rings. The summed E-state index contributed by atoms with van der Waals surface area (Å²) in [6.45, 7) is 0.313. The third kappa shape index (κ3) is 4.01. The fourth-order valence-corrected chi connectivity index (χ4v) is 1.48. The van der Waals surface area contributed by atoms with E-state index >= 15 is 0 Å². The van der Waals surface area contributed by atoms with Gasteiger partial charge in [0.05, 0.1) is 4.92 Å². The van der Waals surface area contributed by atoms with Crippen LogP contribution in [0.4, 0.5) is 11.6 Å². The molecule has 21 heavy (non-hydrogen) atoms. The van der Waals surface area contributed by atoms with E-state index in [4.69, 9.17) is 15.3 Å². The van der Waals surface area contributed by atoms with E-state index in [-0.39, 0.29) is 30.7 Å². The lowest BCUT2D eigenvalue weighted by atomic mass is 10.3. The summed E-state index contributed by atoms with van der Waals surface area (Å²) in [6, 6.07) is 9.14. The topological polar surface area (TPSA) is 125 Å². The molecular formula is C12H13N5O4. The number of anilines is 1. The van der Waals surface area contributed by atoms with Crippen LogP contribution in [0.1, 0.15) is 0 Å². The largest absolute Gasteiger partial charge is 0.490 e. The highest BCUT2D eigenvalue weighted by atomic mass is 16.6. The zero-order valence-electron chi connectivity index (χ0n) is 10.9. The maximum atomic E-state index is 10.8. The smallest absolute Gasteiger partial charge is 0.349 e. The Bertz CT molecular complexity index is 608. The van der Waals surface area contributed by atoms with Gasteiger partial charge in [-0.05, 0) is 12.1 Å². The molecule has 0 amide bonds. The Morgan fingerprint density at radius 1 is 1.24 bits per heavy atom. The molecule has 2 rings (SSSR count). The predicted molar refractivity (Wildman–Crippen MR) is 73.9 cm³/mol. The average Bonchev–Trinajstić information content (AvgIpc) is 2.52. The summed E-state index contributed by atoms with van der Waals surface area (Å²) in [7, 11) is 0. The lowest BCUT2D eigenvalue weighted by Crippen LogP contribution is -2.14. The Kier molecular flexibility index (Phi) is 4.83. The maximum absolute atomic E-state index is 10.8. The van der Waals surface area contributed by atoms with E-state index in [2.05, 4.69) is 15.4 Å². The van der Waals surface area contributed by atoms with Crippen LogP contribution in [0.25, 0.3) is 0 Å². The third-order valence-corrected chi connectivity index (χ3v) is 2.40. The van der Waals surface area contributed by atoms with Crippen molar-refractivity contribution in [3.8, 4) is 11.6 Å². The number of nitrogens with two attached hydrogens (primary N) is 1. The zero-order valence-corrected chi connectivity index (χ0v) is 10.9. The second-order valence-electron chi connectivity index (χ2n) is 3.80. The molecule has 1 aromatic carbocycles. The van der Waals surface area contributed by atoms with E-state index in [9.17, 15) is 10.1 Å². The summed E-state index contributed by atoms with van der Waals surface area (Å²) in [4.78, 5) is 17.7. The minimum absolute atomic E-state index is 0.0274. The van der Waals surface area contributed by atoms with Crippen LogP contribution < -0.4 is 20.7 Å². The van der Waals surface area contributed by atoms with Gasteiger partial charge in [0, 0.05) is 0 Å². The van der Waals surface area contributed by atoms with E-state index < -0.39 is 4.92 Å². The highest BCUT2D eigenvalue weighted by molar-refractivity contribution is 5.42. The molecule has 0 saturated carbocycles. The fourth-order valence-electron chi connectivity index (χ4n) is 1.48. The molecule has 0 atom stereocenters. The number of hydrogen-bond acceptors (Lipinski definition) is 8. The van der Waals surface area contributed by atoms with Crippen LogP contribution in [0.5, 0.6) is 11.6 Å². The van der Waals surface area contributed by atoms with Gasteiger partial charge in [-0.25, -0.2) is 10.8 Å². The first kappa shape index (κ1) is 14.5. The minimum Gasteiger partial charge on any atom is -0.490 e. The summed E-state index contributed by atoms with van der Waals surface area (Å²) < 4.78 is 10.7. The zero-order chi connectivity index (χ0) is 15.1. The minimum atomic E-state index is -0.631. The highest BCUT2D eigenvalue weighted by Crippen LogP contribution is 2.24. The number of aromatic nitrogens is 2. The number of nitrogens with one attached hydrogen (secondary N) is 1. The number of rotatable bonds is 7. The molecule has 0 unspecified atom stereocenters. The van der Waals surface area contributed by atoms with Gasteiger partial charge >= 0.3 is 5.69 Å². The number of nitrogens with zero attached hydrogens (tertiary/aromatic N) is 3. The number of ether oxygens (including phenoxy) is 2. The van der Waals surface area contributed by atoms with Gasteiger partial charge in [-0.3, -0.25) is 15.5 Å². The number of benzene rings is 1. The van der Waals surface area contributed by atoms with Crippen molar-refractivity contribution >= 4 is 11.6 Å². The Hall–Kier alpha value is -2.94. The van der Waals surface area contributed by atoms with Crippen LogP contribution in [0.2, 0.25) is 0 Å². The number of nitrogen functional groups attached to an aromatic ring is 1. The van der Waals surface area contributed by atoms with Gasteiger partial charge in [0.1, 0.15) is 25.2 Å². The molecule has 0 aliphatic carbocycles. The molecule has 110 valence electrons. The quantitative estimate of drug-likeness (QED) is 0.336. The standard InChI is InChI=1S/C12H13N5O4/c13-16-12-14-8-10(17(18)19)11(15-12)21-7-6-20-9-4-2-1-3-5-9/h1-5,8H,6-7,13H2,(H,14,15,16). The number of hydrazine groups is 1. The van der Waals surface area contributed by atoms with Crippen molar-refractivity contribution in [2.24, 2.45) is 5.84 Å². The van der Waals surface area contributed by atoms with E-state index in [0.717, 1.165) is 6.20 Å². The van der Waals surface area contributed by atoms with Crippen LogP contribution in [0, 0.1) is 10.1 Å². The molecule has 2 aromatic rings. The van der Waals surface area contributed by atoms with Crippen LogP contribution in [-0.2, 0) is 0 Å². The summed E-state index contributed by atoms with van der Waals surface area (Å²) in [5.41, 5.74) is 1.85. The number of hydrogen-bond donors (Lipinski definition) is 2. The van der Waals surface area contributed by atoms with Gasteiger partial charge in [0.25, 0.3) is 5.88 Å². The number of para-hydroxylation sites is 1. The molecule has 0 bridgehead atoms. The molecule has 9 nitrogen and oxygen atoms in total. The van der Waals surface area contributed by atoms with Crippen LogP contribution in [0.15, 0.2) is 36.5 Å². The normalized spacial score (nSPS) is 9.95. The third-order valence-electron chi connectivity index (χ3n) is 2.40. The first-order valence-corrected chi connectivity index (χ1v) is 5.99. The van der Waals surface area contributed by atoms with E-state index in [0.29, 0.717) is 5.75 Å². The second-order valence-corrected chi connectivity index (χ2v) is 3.80. The van der Waals surface area contributed by atoms with Crippen molar-refractivity contribution in [2.45, 2.75) is 0 Å². The highest BCUT2D eigenvalue weighted by Gasteiger charge is 2.18. The van der Waals surface area contributed by atoms with Gasteiger partial charge in [-0.2, -0.15) is 4.98 Å². The van der Waals surface area contributed by atoms with Gasteiger partial charge in [-0.15, -0.1) is 0 Å². The van der Waals surface area contributed by atoms with Crippen molar-refractivity contribution in [3.05, 3.63) is 46.6 Å². The van der Waals surface area contributed by atoms with Gasteiger partial charge in [0.2, 0.25) is 5.95 Å². The Labute approximate surface area is 119 Å². The van der Waals surface area contributed by atoms with Crippen LogP contribution in [-0.4, -0.2) is 28.1 Å². The molecule has 1 aromatic heterocycles. The Balaban J connectivity index is 1.94. The van der Waals surface area contributed by atoms with Crippen molar-refractivity contribution in [1.82, 2.24) is 9.97 Å². The summed E-state index contributed by atoms with van der Waals surface area (Å²) >= 11 is 0. The van der Waals surface area contributed by atoms with E-state index in [1.54, 1.807) is 12.1 Å². The summed E-state index contributed by atoms with van der Waals surface area (Å²) in [5, 5.41) is 10.8. The lowest BCUT2D eigenvalue weighted by Gasteiger charge is -2.08. The van der Waals surface area contributed by atoms with Gasteiger partial charge in [-0.1, -0.05) is 18.2 Å². The molecule has 0 radical (unpaired) electrons. The molecule has 0 spiro atoms. The van der Waals surface area contributed by atoms with Crippen molar-refractivity contribution in [3.63, 3.8) is 0 Å². The predicted octanol–water partition coefficient (Wildman–Crippen LogP) is 1.13. The molecule has 0 fully saturated rings.